The third-order valence-electron chi connectivity index (χ3n) is 8.36. The molecule has 7 nitrogen and oxygen atoms in total. The third kappa shape index (κ3) is 6.84. The Balaban J connectivity index is 1.31. The number of aliphatic carboxylic acids is 1. The SMILES string of the molecule is CCOc1ccc(-c2ccc(CCCc3nn(-c4ccc(C)cc4)c(=O)n3C3CCC(C)CC3)cc2)cc1CC(=O)O. The molecule has 7 heteroatoms. The molecule has 220 valence electrons. The summed E-state index contributed by atoms with van der Waals surface area (Å²) in [4.78, 5) is 25.0. The lowest BCUT2D eigenvalue weighted by molar-refractivity contribution is -0.136. The number of ether oxygens (including phenoxy) is 1. The highest BCUT2D eigenvalue weighted by atomic mass is 16.5. The lowest BCUT2D eigenvalue weighted by Gasteiger charge is -2.27. The van der Waals surface area contributed by atoms with Crippen molar-refractivity contribution in [1.29, 1.82) is 0 Å². The van der Waals surface area contributed by atoms with Crippen LogP contribution in [0.1, 0.15) is 74.5 Å². The van der Waals surface area contributed by atoms with E-state index in [9.17, 15) is 14.7 Å². The van der Waals surface area contributed by atoms with E-state index >= 15 is 0 Å². The van der Waals surface area contributed by atoms with Gasteiger partial charge in [0, 0.05) is 18.0 Å². The van der Waals surface area contributed by atoms with Crippen LogP contribution in [0.5, 0.6) is 5.75 Å². The molecular weight excluding hydrogens is 526 g/mol. The maximum atomic E-state index is 13.6. The molecule has 1 N–H and O–H groups in total. The second-order valence-corrected chi connectivity index (χ2v) is 11.6. The predicted molar refractivity (Wildman–Crippen MR) is 166 cm³/mol. The molecule has 0 saturated heterocycles. The van der Waals surface area contributed by atoms with Gasteiger partial charge in [0.1, 0.15) is 11.6 Å². The minimum Gasteiger partial charge on any atom is -0.494 e. The summed E-state index contributed by atoms with van der Waals surface area (Å²) in [5, 5.41) is 14.2. The highest BCUT2D eigenvalue weighted by molar-refractivity contribution is 5.74. The number of rotatable bonds is 11. The van der Waals surface area contributed by atoms with Gasteiger partial charge in [-0.1, -0.05) is 55.0 Å². The molecule has 1 saturated carbocycles. The van der Waals surface area contributed by atoms with Crippen LogP contribution in [0, 0.1) is 12.8 Å². The average molecular weight is 568 g/mol. The van der Waals surface area contributed by atoms with Crippen LogP contribution in [-0.4, -0.2) is 32.0 Å². The van der Waals surface area contributed by atoms with Gasteiger partial charge in [-0.3, -0.25) is 9.36 Å². The van der Waals surface area contributed by atoms with Crippen molar-refractivity contribution < 1.29 is 14.6 Å². The second kappa shape index (κ2) is 13.2. The summed E-state index contributed by atoms with van der Waals surface area (Å²) in [5.74, 6) is 1.32. The molecule has 1 aliphatic rings. The first kappa shape index (κ1) is 29.4. The number of carbonyl (C=O) groups is 1. The van der Waals surface area contributed by atoms with E-state index in [1.807, 2.05) is 60.9 Å². The number of hydrogen-bond acceptors (Lipinski definition) is 4. The summed E-state index contributed by atoms with van der Waals surface area (Å²) in [6.07, 6.45) is 6.75. The molecule has 0 amide bonds. The quantitative estimate of drug-likeness (QED) is 0.212. The van der Waals surface area contributed by atoms with Crippen molar-refractivity contribution in [2.45, 2.75) is 78.2 Å². The van der Waals surface area contributed by atoms with Crippen LogP contribution in [0.25, 0.3) is 16.8 Å². The Morgan fingerprint density at radius 1 is 0.952 bits per heavy atom. The van der Waals surface area contributed by atoms with Gasteiger partial charge in [0.15, 0.2) is 0 Å². The molecule has 1 aliphatic carbocycles. The zero-order valence-corrected chi connectivity index (χ0v) is 24.9. The van der Waals surface area contributed by atoms with Crippen molar-refractivity contribution in [2.24, 2.45) is 5.92 Å². The van der Waals surface area contributed by atoms with Gasteiger partial charge in [-0.2, -0.15) is 4.68 Å². The van der Waals surface area contributed by atoms with Crippen LogP contribution in [0.3, 0.4) is 0 Å². The fourth-order valence-electron chi connectivity index (χ4n) is 5.98. The molecule has 0 bridgehead atoms. The maximum absolute atomic E-state index is 13.6. The van der Waals surface area contributed by atoms with Crippen molar-refractivity contribution in [3.8, 4) is 22.6 Å². The molecule has 0 unspecified atom stereocenters. The number of benzene rings is 3. The Bertz CT molecular complexity index is 1560. The van der Waals surface area contributed by atoms with E-state index in [0.29, 0.717) is 23.8 Å². The fraction of sp³-hybridized carbons (Fsp3) is 0.400. The number of aryl methyl sites for hydroxylation is 3. The van der Waals surface area contributed by atoms with Crippen molar-refractivity contribution in [2.75, 3.05) is 6.61 Å². The Morgan fingerprint density at radius 3 is 2.31 bits per heavy atom. The predicted octanol–water partition coefficient (Wildman–Crippen LogP) is 6.96. The average Bonchev–Trinajstić information content (AvgIpc) is 3.30. The fourth-order valence-corrected chi connectivity index (χ4v) is 5.98. The Hall–Kier alpha value is -4.13. The summed E-state index contributed by atoms with van der Waals surface area (Å²) < 4.78 is 9.19. The van der Waals surface area contributed by atoms with Crippen LogP contribution >= 0.6 is 0 Å². The van der Waals surface area contributed by atoms with E-state index in [0.717, 1.165) is 73.1 Å². The lowest BCUT2D eigenvalue weighted by atomic mass is 9.87. The van der Waals surface area contributed by atoms with E-state index in [2.05, 4.69) is 31.2 Å². The first-order chi connectivity index (χ1) is 20.3. The highest BCUT2D eigenvalue weighted by Gasteiger charge is 2.26. The summed E-state index contributed by atoms with van der Waals surface area (Å²) in [5.41, 5.74) is 5.83. The zero-order chi connectivity index (χ0) is 29.6. The smallest absolute Gasteiger partial charge is 0.350 e. The van der Waals surface area contributed by atoms with Gasteiger partial charge in [-0.15, -0.1) is 5.10 Å². The van der Waals surface area contributed by atoms with Gasteiger partial charge in [0.25, 0.3) is 0 Å². The topological polar surface area (TPSA) is 86.4 Å². The summed E-state index contributed by atoms with van der Waals surface area (Å²) in [7, 11) is 0. The van der Waals surface area contributed by atoms with Crippen LogP contribution in [-0.2, 0) is 24.1 Å². The van der Waals surface area contributed by atoms with Gasteiger partial charge in [0.2, 0.25) is 0 Å². The normalized spacial score (nSPS) is 16.8. The van der Waals surface area contributed by atoms with Gasteiger partial charge < -0.3 is 9.84 Å². The molecule has 5 rings (SSSR count). The van der Waals surface area contributed by atoms with E-state index in [1.54, 1.807) is 4.68 Å². The van der Waals surface area contributed by atoms with Crippen LogP contribution < -0.4 is 10.4 Å². The van der Waals surface area contributed by atoms with Gasteiger partial charge in [-0.25, -0.2) is 4.79 Å². The molecule has 42 heavy (non-hydrogen) atoms. The Morgan fingerprint density at radius 2 is 1.64 bits per heavy atom. The molecule has 0 aliphatic heterocycles. The molecular formula is C35H41N3O4. The largest absolute Gasteiger partial charge is 0.494 e. The Labute approximate surface area is 247 Å². The van der Waals surface area contributed by atoms with Crippen molar-refractivity contribution >= 4 is 5.97 Å². The summed E-state index contributed by atoms with van der Waals surface area (Å²) in [6, 6.07) is 22.3. The van der Waals surface area contributed by atoms with E-state index in [-0.39, 0.29) is 18.2 Å². The molecule has 1 heterocycles. The second-order valence-electron chi connectivity index (χ2n) is 11.6. The maximum Gasteiger partial charge on any atom is 0.350 e. The first-order valence-corrected chi connectivity index (χ1v) is 15.2. The number of carboxylic acid groups (broad SMARTS) is 1. The monoisotopic (exact) mass is 567 g/mol. The molecule has 1 fully saturated rings. The van der Waals surface area contributed by atoms with Crippen molar-refractivity contribution in [3.05, 3.63) is 99.7 Å². The van der Waals surface area contributed by atoms with Gasteiger partial charge >= 0.3 is 11.7 Å². The molecule has 0 spiro atoms. The van der Waals surface area contributed by atoms with E-state index in [4.69, 9.17) is 9.84 Å². The van der Waals surface area contributed by atoms with Crippen LogP contribution in [0.4, 0.5) is 0 Å². The summed E-state index contributed by atoms with van der Waals surface area (Å²) >= 11 is 0. The molecule has 3 aromatic carbocycles. The lowest BCUT2D eigenvalue weighted by Crippen LogP contribution is -2.30. The third-order valence-corrected chi connectivity index (χ3v) is 8.36. The molecule has 4 aromatic rings. The first-order valence-electron chi connectivity index (χ1n) is 15.2. The summed E-state index contributed by atoms with van der Waals surface area (Å²) in [6.45, 7) is 6.72. The van der Waals surface area contributed by atoms with E-state index in [1.165, 1.54) is 5.56 Å². The standard InChI is InChI=1S/C35H41N3O4/c1-4-42-32-21-16-28(22-29(32)23-34(39)40)27-14-12-26(13-15-27)6-5-7-33-36-38(31-19-10-25(3)11-20-31)35(41)37(33)30-17-8-24(2)9-18-30/h10-16,19-22,24,30H,4-9,17-18,23H2,1-3H3,(H,39,40). The number of aromatic nitrogens is 3. The van der Waals surface area contributed by atoms with E-state index < -0.39 is 5.97 Å². The number of carboxylic acids is 1. The van der Waals surface area contributed by atoms with Crippen LogP contribution in [0.15, 0.2) is 71.5 Å². The van der Waals surface area contributed by atoms with Gasteiger partial charge in [-0.05, 0) is 99.2 Å². The van der Waals surface area contributed by atoms with Gasteiger partial charge in [0.05, 0.1) is 18.7 Å². The van der Waals surface area contributed by atoms with Crippen molar-refractivity contribution in [3.63, 3.8) is 0 Å². The molecule has 0 atom stereocenters. The minimum absolute atomic E-state index is 0.0321. The minimum atomic E-state index is -0.879. The molecule has 0 radical (unpaired) electrons. The van der Waals surface area contributed by atoms with Crippen molar-refractivity contribution in [1.82, 2.24) is 14.3 Å². The Kier molecular flexibility index (Phi) is 9.25. The number of hydrogen-bond donors (Lipinski definition) is 1. The number of nitrogens with zero attached hydrogens (tertiary/aromatic N) is 3. The molecule has 1 aromatic heterocycles. The highest BCUT2D eigenvalue weighted by Crippen LogP contribution is 2.32. The zero-order valence-electron chi connectivity index (χ0n) is 24.9. The van der Waals surface area contributed by atoms with Crippen LogP contribution in [0.2, 0.25) is 0 Å².